The van der Waals surface area contributed by atoms with Gasteiger partial charge in [-0.25, -0.2) is 4.99 Å². The molecule has 1 aliphatic heterocycles. The predicted molar refractivity (Wildman–Crippen MR) is 125 cm³/mol. The lowest BCUT2D eigenvalue weighted by Crippen LogP contribution is -2.44. The lowest BCUT2D eigenvalue weighted by Gasteiger charge is -2.26. The Bertz CT molecular complexity index is 861. The van der Waals surface area contributed by atoms with E-state index in [1.54, 1.807) is 17.8 Å². The van der Waals surface area contributed by atoms with Crippen molar-refractivity contribution in [3.05, 3.63) is 47.8 Å². The minimum atomic E-state index is -1.06. The number of nitrogens with one attached hydrogen (secondary N) is 2. The van der Waals surface area contributed by atoms with E-state index in [1.165, 1.54) is 0 Å². The number of ether oxygens (including phenoxy) is 2. The molecular weight excluding hydrogens is 408 g/mol. The SMILES string of the molecule is CCNC(=NCc1ccccc1OCCN1CCOCC1)NCC(C)(O)c1cnn(C)c1. The molecule has 1 aliphatic rings. The summed E-state index contributed by atoms with van der Waals surface area (Å²) in [6.45, 7) is 10.3. The van der Waals surface area contributed by atoms with Gasteiger partial charge in [-0.05, 0) is 19.9 Å². The fraction of sp³-hybridized carbons (Fsp3) is 0.565. The normalized spacial score (nSPS) is 17.1. The van der Waals surface area contributed by atoms with E-state index in [1.807, 2.05) is 44.4 Å². The van der Waals surface area contributed by atoms with Crippen LogP contribution in [0, 0.1) is 0 Å². The Balaban J connectivity index is 1.57. The molecule has 32 heavy (non-hydrogen) atoms. The molecule has 1 unspecified atom stereocenters. The van der Waals surface area contributed by atoms with Crippen molar-refractivity contribution in [3.63, 3.8) is 0 Å². The molecular formula is C23H36N6O3. The quantitative estimate of drug-likeness (QED) is 0.373. The maximum atomic E-state index is 10.8. The van der Waals surface area contributed by atoms with E-state index in [4.69, 9.17) is 14.5 Å². The summed E-state index contributed by atoms with van der Waals surface area (Å²) < 4.78 is 13.1. The molecule has 1 atom stereocenters. The number of hydrogen-bond acceptors (Lipinski definition) is 6. The minimum Gasteiger partial charge on any atom is -0.492 e. The lowest BCUT2D eigenvalue weighted by molar-refractivity contribution is 0.0322. The fourth-order valence-corrected chi connectivity index (χ4v) is 3.45. The first kappa shape index (κ1) is 24.0. The number of hydrogen-bond donors (Lipinski definition) is 3. The van der Waals surface area contributed by atoms with E-state index in [0.717, 1.165) is 56.3 Å². The van der Waals surface area contributed by atoms with Crippen molar-refractivity contribution in [2.45, 2.75) is 26.0 Å². The van der Waals surface area contributed by atoms with Crippen LogP contribution in [-0.2, 0) is 23.9 Å². The second-order valence-electron chi connectivity index (χ2n) is 8.14. The van der Waals surface area contributed by atoms with Crippen molar-refractivity contribution >= 4 is 5.96 Å². The van der Waals surface area contributed by atoms with Crippen molar-refractivity contribution < 1.29 is 14.6 Å². The van der Waals surface area contributed by atoms with Crippen LogP contribution in [0.3, 0.4) is 0 Å². The number of aryl methyl sites for hydroxylation is 1. The molecule has 176 valence electrons. The van der Waals surface area contributed by atoms with E-state index in [2.05, 4.69) is 20.6 Å². The van der Waals surface area contributed by atoms with E-state index >= 15 is 0 Å². The van der Waals surface area contributed by atoms with Gasteiger partial charge in [0, 0.05) is 50.6 Å². The third-order valence-electron chi connectivity index (χ3n) is 5.42. The molecule has 0 bridgehead atoms. The van der Waals surface area contributed by atoms with Crippen LogP contribution < -0.4 is 15.4 Å². The highest BCUT2D eigenvalue weighted by molar-refractivity contribution is 5.79. The van der Waals surface area contributed by atoms with Crippen molar-refractivity contribution in [1.82, 2.24) is 25.3 Å². The molecule has 9 nitrogen and oxygen atoms in total. The van der Waals surface area contributed by atoms with E-state index in [-0.39, 0.29) is 0 Å². The first-order valence-corrected chi connectivity index (χ1v) is 11.2. The molecule has 0 amide bonds. The zero-order valence-corrected chi connectivity index (χ0v) is 19.4. The first-order chi connectivity index (χ1) is 15.5. The first-order valence-electron chi connectivity index (χ1n) is 11.2. The summed E-state index contributed by atoms with van der Waals surface area (Å²) in [5.41, 5.74) is 0.707. The van der Waals surface area contributed by atoms with Gasteiger partial charge < -0.3 is 25.2 Å². The van der Waals surface area contributed by atoms with Gasteiger partial charge in [0.1, 0.15) is 18.0 Å². The topological polar surface area (TPSA) is 96.2 Å². The zero-order valence-electron chi connectivity index (χ0n) is 19.4. The molecule has 0 aliphatic carbocycles. The fourth-order valence-electron chi connectivity index (χ4n) is 3.45. The van der Waals surface area contributed by atoms with Crippen LogP contribution in [0.15, 0.2) is 41.7 Å². The molecule has 3 rings (SSSR count). The summed E-state index contributed by atoms with van der Waals surface area (Å²) in [5.74, 6) is 1.49. The largest absolute Gasteiger partial charge is 0.492 e. The smallest absolute Gasteiger partial charge is 0.191 e. The Kier molecular flexibility index (Phi) is 8.90. The molecule has 1 saturated heterocycles. The molecule has 1 aromatic carbocycles. The summed E-state index contributed by atoms with van der Waals surface area (Å²) in [6, 6.07) is 7.99. The summed E-state index contributed by atoms with van der Waals surface area (Å²) in [4.78, 5) is 7.05. The number of aliphatic hydroxyl groups is 1. The third kappa shape index (κ3) is 7.22. The van der Waals surface area contributed by atoms with Gasteiger partial charge in [0.15, 0.2) is 5.96 Å². The second kappa shape index (κ2) is 11.8. The van der Waals surface area contributed by atoms with Gasteiger partial charge in [-0.1, -0.05) is 18.2 Å². The maximum absolute atomic E-state index is 10.8. The number of aromatic nitrogens is 2. The van der Waals surface area contributed by atoms with Crippen LogP contribution in [0.5, 0.6) is 5.75 Å². The molecule has 1 aromatic heterocycles. The lowest BCUT2D eigenvalue weighted by atomic mass is 10.00. The average molecular weight is 445 g/mol. The highest BCUT2D eigenvalue weighted by Crippen LogP contribution is 2.20. The summed E-state index contributed by atoms with van der Waals surface area (Å²) in [5, 5.41) is 21.4. The number of rotatable bonds is 10. The van der Waals surface area contributed by atoms with Gasteiger partial charge in [-0.3, -0.25) is 9.58 Å². The highest BCUT2D eigenvalue weighted by atomic mass is 16.5. The van der Waals surface area contributed by atoms with Crippen LogP contribution >= 0.6 is 0 Å². The van der Waals surface area contributed by atoms with Crippen LogP contribution in [0.25, 0.3) is 0 Å². The number of guanidine groups is 1. The van der Waals surface area contributed by atoms with Gasteiger partial charge in [0.05, 0.1) is 32.5 Å². The summed E-state index contributed by atoms with van der Waals surface area (Å²) in [6.07, 6.45) is 3.49. The summed E-state index contributed by atoms with van der Waals surface area (Å²) >= 11 is 0. The molecule has 9 heteroatoms. The van der Waals surface area contributed by atoms with E-state index in [0.29, 0.717) is 25.7 Å². The molecule has 3 N–H and O–H groups in total. The monoisotopic (exact) mass is 444 g/mol. The van der Waals surface area contributed by atoms with Crippen molar-refractivity contribution in [2.24, 2.45) is 12.0 Å². The Morgan fingerprint density at radius 1 is 1.28 bits per heavy atom. The maximum Gasteiger partial charge on any atom is 0.191 e. The Morgan fingerprint density at radius 3 is 2.78 bits per heavy atom. The minimum absolute atomic E-state index is 0.308. The molecule has 1 fully saturated rings. The van der Waals surface area contributed by atoms with E-state index < -0.39 is 5.60 Å². The standard InChI is InChI=1S/C23H36N6O3/c1-4-24-22(26-18-23(2,30)20-16-27-28(3)17-20)25-15-19-7-5-6-8-21(19)32-14-11-29-9-12-31-13-10-29/h5-8,16-17,30H,4,9-15,18H2,1-3H3,(H2,24,25,26). The number of benzene rings is 1. The molecule has 2 aromatic rings. The van der Waals surface area contributed by atoms with E-state index in [9.17, 15) is 5.11 Å². The van der Waals surface area contributed by atoms with Gasteiger partial charge in [0.25, 0.3) is 0 Å². The van der Waals surface area contributed by atoms with Gasteiger partial charge >= 0.3 is 0 Å². The zero-order chi connectivity index (χ0) is 22.8. The number of aliphatic imine (C=N–C) groups is 1. The van der Waals surface area contributed by atoms with Crippen LogP contribution in [0.4, 0.5) is 0 Å². The van der Waals surface area contributed by atoms with Crippen molar-refractivity contribution in [3.8, 4) is 5.75 Å². The van der Waals surface area contributed by atoms with Crippen LogP contribution in [0.2, 0.25) is 0 Å². The van der Waals surface area contributed by atoms with Gasteiger partial charge in [-0.15, -0.1) is 0 Å². The van der Waals surface area contributed by atoms with Gasteiger partial charge in [0.2, 0.25) is 0 Å². The Morgan fingerprint density at radius 2 is 2.06 bits per heavy atom. The molecule has 2 heterocycles. The highest BCUT2D eigenvalue weighted by Gasteiger charge is 2.25. The molecule has 0 radical (unpaired) electrons. The second-order valence-corrected chi connectivity index (χ2v) is 8.14. The molecule has 0 spiro atoms. The van der Waals surface area contributed by atoms with Crippen LogP contribution in [-0.4, -0.2) is 78.3 Å². The number of morpholine rings is 1. The third-order valence-corrected chi connectivity index (χ3v) is 5.42. The van der Waals surface area contributed by atoms with Crippen LogP contribution in [0.1, 0.15) is 25.0 Å². The van der Waals surface area contributed by atoms with Crippen molar-refractivity contribution in [1.29, 1.82) is 0 Å². The number of nitrogens with zero attached hydrogens (tertiary/aromatic N) is 4. The average Bonchev–Trinajstić information content (AvgIpc) is 3.24. The van der Waals surface area contributed by atoms with Crippen molar-refractivity contribution in [2.75, 3.05) is 52.5 Å². The number of para-hydroxylation sites is 1. The predicted octanol–water partition coefficient (Wildman–Crippen LogP) is 1.09. The Hall–Kier alpha value is -2.62. The Labute approximate surface area is 190 Å². The summed E-state index contributed by atoms with van der Waals surface area (Å²) in [7, 11) is 1.83. The van der Waals surface area contributed by atoms with Gasteiger partial charge in [-0.2, -0.15) is 5.10 Å². The molecule has 0 saturated carbocycles.